The number of hydrogen-bond acceptors (Lipinski definition) is 6. The Morgan fingerprint density at radius 3 is 2.52 bits per heavy atom. The fourth-order valence-corrected chi connectivity index (χ4v) is 3.44. The molecule has 8 nitrogen and oxygen atoms in total. The van der Waals surface area contributed by atoms with E-state index in [-0.39, 0.29) is 18.9 Å². The first-order valence-corrected chi connectivity index (χ1v) is 9.94. The summed E-state index contributed by atoms with van der Waals surface area (Å²) in [5.74, 6) is -2.73. The number of nitrogens with zero attached hydrogens (tertiary/aromatic N) is 1. The fraction of sp³-hybridized carbons (Fsp3) is 0.238. The normalized spacial score (nSPS) is 15.5. The van der Waals surface area contributed by atoms with Gasteiger partial charge in [0.15, 0.2) is 6.61 Å². The van der Waals surface area contributed by atoms with E-state index in [1.54, 1.807) is 18.2 Å². The summed E-state index contributed by atoms with van der Waals surface area (Å²) in [6.07, 6.45) is -0.0573. The number of methoxy groups -OCH3 is 1. The quantitative estimate of drug-likeness (QED) is 0.657. The van der Waals surface area contributed by atoms with Gasteiger partial charge in [0.25, 0.3) is 5.91 Å². The van der Waals surface area contributed by atoms with E-state index in [2.05, 4.69) is 10.1 Å². The lowest BCUT2D eigenvalue weighted by atomic mass is 10.1. The molecule has 0 aliphatic carbocycles. The number of carbonyl (C=O) groups is 4. The Morgan fingerprint density at radius 1 is 1.13 bits per heavy atom. The molecule has 1 heterocycles. The minimum atomic E-state index is -0.727. The molecule has 1 atom stereocenters. The summed E-state index contributed by atoms with van der Waals surface area (Å²) >= 11 is 12.1. The molecule has 2 aromatic rings. The van der Waals surface area contributed by atoms with Crippen molar-refractivity contribution < 1.29 is 28.7 Å². The van der Waals surface area contributed by atoms with Crippen molar-refractivity contribution in [1.29, 1.82) is 0 Å². The van der Waals surface area contributed by atoms with Crippen LogP contribution in [0, 0.1) is 5.92 Å². The molecule has 1 N–H and O–H groups in total. The molecule has 1 saturated heterocycles. The Morgan fingerprint density at radius 2 is 1.84 bits per heavy atom. The van der Waals surface area contributed by atoms with Crippen molar-refractivity contribution in [3.63, 3.8) is 0 Å². The predicted octanol–water partition coefficient (Wildman–Crippen LogP) is 3.31. The van der Waals surface area contributed by atoms with Crippen molar-refractivity contribution in [2.75, 3.05) is 30.5 Å². The van der Waals surface area contributed by atoms with Gasteiger partial charge in [-0.05, 0) is 42.5 Å². The van der Waals surface area contributed by atoms with Crippen molar-refractivity contribution in [3.8, 4) is 0 Å². The van der Waals surface area contributed by atoms with E-state index in [9.17, 15) is 19.2 Å². The highest BCUT2D eigenvalue weighted by Crippen LogP contribution is 2.33. The molecule has 162 valence electrons. The molecular formula is C21H18Cl2N2O6. The summed E-state index contributed by atoms with van der Waals surface area (Å²) < 4.78 is 9.66. The van der Waals surface area contributed by atoms with Crippen molar-refractivity contribution in [2.45, 2.75) is 6.42 Å². The van der Waals surface area contributed by atoms with Gasteiger partial charge < -0.3 is 19.7 Å². The third kappa shape index (κ3) is 5.53. The Balaban J connectivity index is 1.52. The second-order valence-electron chi connectivity index (χ2n) is 6.73. The van der Waals surface area contributed by atoms with Crippen LogP contribution in [0.25, 0.3) is 0 Å². The second-order valence-corrected chi connectivity index (χ2v) is 7.57. The first-order chi connectivity index (χ1) is 14.8. The molecule has 0 radical (unpaired) electrons. The number of rotatable bonds is 6. The number of benzene rings is 2. The van der Waals surface area contributed by atoms with E-state index >= 15 is 0 Å². The average Bonchev–Trinajstić information content (AvgIpc) is 3.15. The third-order valence-electron chi connectivity index (χ3n) is 4.59. The molecule has 2 aromatic carbocycles. The Bertz CT molecular complexity index is 1030. The highest BCUT2D eigenvalue weighted by molar-refractivity contribution is 6.35. The monoisotopic (exact) mass is 464 g/mol. The van der Waals surface area contributed by atoms with Gasteiger partial charge in [-0.3, -0.25) is 14.4 Å². The van der Waals surface area contributed by atoms with Crippen LogP contribution in [0.4, 0.5) is 11.4 Å². The minimum Gasteiger partial charge on any atom is -0.465 e. The average molecular weight is 465 g/mol. The van der Waals surface area contributed by atoms with E-state index in [4.69, 9.17) is 27.9 Å². The van der Waals surface area contributed by atoms with E-state index in [1.807, 2.05) is 0 Å². The minimum absolute atomic E-state index is 0.0573. The van der Waals surface area contributed by atoms with Gasteiger partial charge in [-0.15, -0.1) is 0 Å². The van der Waals surface area contributed by atoms with Gasteiger partial charge in [0.05, 0.1) is 29.3 Å². The largest absolute Gasteiger partial charge is 0.465 e. The summed E-state index contributed by atoms with van der Waals surface area (Å²) in [4.78, 5) is 49.5. The maximum Gasteiger partial charge on any atom is 0.337 e. The van der Waals surface area contributed by atoms with Crippen molar-refractivity contribution in [1.82, 2.24) is 0 Å². The molecule has 0 unspecified atom stereocenters. The van der Waals surface area contributed by atoms with Crippen molar-refractivity contribution >= 4 is 58.3 Å². The Labute approximate surface area is 188 Å². The molecule has 1 aliphatic heterocycles. The molecule has 1 aliphatic rings. The number of ether oxygens (including phenoxy) is 2. The molecule has 0 aromatic heterocycles. The van der Waals surface area contributed by atoms with Crippen molar-refractivity contribution in [3.05, 3.63) is 58.1 Å². The lowest BCUT2D eigenvalue weighted by Crippen LogP contribution is -2.28. The van der Waals surface area contributed by atoms with Crippen LogP contribution in [0.2, 0.25) is 10.0 Å². The van der Waals surface area contributed by atoms with Gasteiger partial charge in [0, 0.05) is 23.7 Å². The molecule has 1 fully saturated rings. The highest BCUT2D eigenvalue weighted by Gasteiger charge is 2.37. The zero-order chi connectivity index (χ0) is 22.5. The smallest absolute Gasteiger partial charge is 0.337 e. The third-order valence-corrected chi connectivity index (χ3v) is 5.15. The summed E-state index contributed by atoms with van der Waals surface area (Å²) in [7, 11) is 1.27. The van der Waals surface area contributed by atoms with Gasteiger partial charge in [-0.1, -0.05) is 23.2 Å². The van der Waals surface area contributed by atoms with Crippen LogP contribution in [0.5, 0.6) is 0 Å². The molecule has 3 rings (SSSR count). The molecule has 0 bridgehead atoms. The lowest BCUT2D eigenvalue weighted by molar-refractivity contribution is -0.151. The van der Waals surface area contributed by atoms with Gasteiger partial charge in [0.1, 0.15) is 0 Å². The Kier molecular flexibility index (Phi) is 7.14. The number of esters is 2. The first-order valence-electron chi connectivity index (χ1n) is 9.18. The van der Waals surface area contributed by atoms with Crippen LogP contribution in [-0.4, -0.2) is 44.0 Å². The van der Waals surface area contributed by atoms with Crippen LogP contribution < -0.4 is 10.2 Å². The molecule has 0 spiro atoms. The van der Waals surface area contributed by atoms with Crippen LogP contribution in [-0.2, 0) is 23.9 Å². The SMILES string of the molecule is COC(=O)c1ccc(NC(=O)COC(=O)[C@H]2CC(=O)N(c3cc(Cl)ccc3Cl)C2)cc1. The molecule has 0 saturated carbocycles. The van der Waals surface area contributed by atoms with Crippen LogP contribution >= 0.6 is 23.2 Å². The van der Waals surface area contributed by atoms with Gasteiger partial charge in [-0.2, -0.15) is 0 Å². The van der Waals surface area contributed by atoms with Gasteiger partial charge in [0.2, 0.25) is 5.91 Å². The van der Waals surface area contributed by atoms with Crippen molar-refractivity contribution in [2.24, 2.45) is 5.92 Å². The molecule has 10 heteroatoms. The molecule has 2 amide bonds. The van der Waals surface area contributed by atoms with Crippen LogP contribution in [0.1, 0.15) is 16.8 Å². The number of carbonyl (C=O) groups excluding carboxylic acids is 4. The zero-order valence-electron chi connectivity index (χ0n) is 16.4. The van der Waals surface area contributed by atoms with Crippen LogP contribution in [0.3, 0.4) is 0 Å². The molecular weight excluding hydrogens is 447 g/mol. The molecule has 31 heavy (non-hydrogen) atoms. The van der Waals surface area contributed by atoms with Crippen LogP contribution in [0.15, 0.2) is 42.5 Å². The summed E-state index contributed by atoms with van der Waals surface area (Å²) in [5, 5.41) is 3.30. The Hall–Kier alpha value is -3.10. The number of anilines is 2. The highest BCUT2D eigenvalue weighted by atomic mass is 35.5. The van der Waals surface area contributed by atoms with Gasteiger partial charge >= 0.3 is 11.9 Å². The lowest BCUT2D eigenvalue weighted by Gasteiger charge is -2.18. The maximum absolute atomic E-state index is 12.3. The maximum atomic E-state index is 12.3. The summed E-state index contributed by atoms with van der Waals surface area (Å²) in [6, 6.07) is 10.7. The van der Waals surface area contributed by atoms with E-state index < -0.39 is 30.4 Å². The first kappa shape index (κ1) is 22.6. The number of nitrogens with one attached hydrogen (secondary N) is 1. The summed E-state index contributed by atoms with van der Waals surface area (Å²) in [5.41, 5.74) is 1.18. The van der Waals surface area contributed by atoms with E-state index in [0.717, 1.165) is 0 Å². The number of hydrogen-bond donors (Lipinski definition) is 1. The topological polar surface area (TPSA) is 102 Å². The number of amides is 2. The summed E-state index contributed by atoms with van der Waals surface area (Å²) in [6.45, 7) is -0.436. The fourth-order valence-electron chi connectivity index (χ4n) is 3.05. The predicted molar refractivity (Wildman–Crippen MR) is 114 cm³/mol. The zero-order valence-corrected chi connectivity index (χ0v) is 17.9. The number of halogens is 2. The standard InChI is InChI=1S/C21H18Cl2N2O6/c1-30-20(28)12-2-5-15(6-3-12)24-18(26)11-31-21(29)13-8-19(27)25(10-13)17-9-14(22)4-7-16(17)23/h2-7,9,13H,8,10-11H2,1H3,(H,24,26)/t13-/m0/s1. The van der Waals surface area contributed by atoms with Gasteiger partial charge in [-0.25, -0.2) is 4.79 Å². The second kappa shape index (κ2) is 9.80. The van der Waals surface area contributed by atoms with E-state index in [1.165, 1.54) is 36.3 Å². The van der Waals surface area contributed by atoms with E-state index in [0.29, 0.717) is 27.0 Å².